The Kier molecular flexibility index (Phi) is 5.00. The summed E-state index contributed by atoms with van der Waals surface area (Å²) in [6.45, 7) is 5.03. The lowest BCUT2D eigenvalue weighted by Crippen LogP contribution is -2.17. The van der Waals surface area contributed by atoms with E-state index in [1.54, 1.807) is 0 Å². The van der Waals surface area contributed by atoms with Crippen molar-refractivity contribution in [3.8, 4) is 5.75 Å². The maximum absolute atomic E-state index is 5.86. The van der Waals surface area contributed by atoms with Gasteiger partial charge in [0, 0.05) is 15.3 Å². The Morgan fingerprint density at radius 3 is 2.63 bits per heavy atom. The van der Waals surface area contributed by atoms with Crippen molar-refractivity contribution in [3.63, 3.8) is 0 Å². The van der Waals surface area contributed by atoms with Crippen molar-refractivity contribution >= 4 is 11.3 Å². The third kappa shape index (κ3) is 3.37. The molecule has 0 aliphatic carbocycles. The predicted molar refractivity (Wildman–Crippen MR) is 82.2 cm³/mol. The van der Waals surface area contributed by atoms with Crippen LogP contribution < -0.4 is 10.1 Å². The van der Waals surface area contributed by atoms with Gasteiger partial charge < -0.3 is 10.1 Å². The SMILES string of the molecule is CCCOc1ccccc1C(NC)c1ccc(C)s1. The molecular formula is C16H21NOS. The van der Waals surface area contributed by atoms with E-state index in [1.165, 1.54) is 15.3 Å². The third-order valence-corrected chi connectivity index (χ3v) is 4.09. The minimum atomic E-state index is 0.201. The number of ether oxygens (including phenoxy) is 1. The molecular weight excluding hydrogens is 254 g/mol. The Morgan fingerprint density at radius 1 is 1.21 bits per heavy atom. The molecule has 0 amide bonds. The second-order valence-corrected chi connectivity index (χ2v) is 5.88. The van der Waals surface area contributed by atoms with Gasteiger partial charge in [0.2, 0.25) is 0 Å². The van der Waals surface area contributed by atoms with Gasteiger partial charge >= 0.3 is 0 Å². The molecule has 0 aliphatic rings. The second-order valence-electron chi connectivity index (χ2n) is 4.56. The lowest BCUT2D eigenvalue weighted by Gasteiger charge is -2.19. The minimum absolute atomic E-state index is 0.201. The zero-order chi connectivity index (χ0) is 13.7. The maximum Gasteiger partial charge on any atom is 0.124 e. The summed E-state index contributed by atoms with van der Waals surface area (Å²) in [5.41, 5.74) is 1.21. The van der Waals surface area contributed by atoms with E-state index in [0.717, 1.165) is 18.8 Å². The summed E-state index contributed by atoms with van der Waals surface area (Å²) in [5, 5.41) is 3.40. The summed E-state index contributed by atoms with van der Waals surface area (Å²) < 4.78 is 5.86. The standard InChI is InChI=1S/C16H21NOS/c1-4-11-18-14-8-6-5-7-13(14)16(17-3)15-10-9-12(2)19-15/h5-10,16-17H,4,11H2,1-3H3. The highest BCUT2D eigenvalue weighted by molar-refractivity contribution is 7.12. The van der Waals surface area contributed by atoms with Crippen molar-refractivity contribution in [1.82, 2.24) is 5.32 Å². The Balaban J connectivity index is 2.32. The van der Waals surface area contributed by atoms with Gasteiger partial charge in [0.1, 0.15) is 5.75 Å². The van der Waals surface area contributed by atoms with E-state index in [9.17, 15) is 0 Å². The molecule has 1 aromatic heterocycles. The average Bonchev–Trinajstić information content (AvgIpc) is 2.85. The fourth-order valence-corrected chi connectivity index (χ4v) is 3.13. The number of benzene rings is 1. The average molecular weight is 275 g/mol. The smallest absolute Gasteiger partial charge is 0.124 e. The lowest BCUT2D eigenvalue weighted by molar-refractivity contribution is 0.312. The molecule has 0 aliphatic heterocycles. The Morgan fingerprint density at radius 2 is 2.00 bits per heavy atom. The highest BCUT2D eigenvalue weighted by atomic mass is 32.1. The van der Waals surface area contributed by atoms with Crippen LogP contribution in [0.4, 0.5) is 0 Å². The van der Waals surface area contributed by atoms with Gasteiger partial charge in [0.25, 0.3) is 0 Å². The molecule has 1 aromatic carbocycles. The molecule has 0 saturated heterocycles. The van der Waals surface area contributed by atoms with Crippen LogP contribution in [0.1, 0.15) is 34.7 Å². The van der Waals surface area contributed by atoms with Crippen LogP contribution in [0.3, 0.4) is 0 Å². The monoisotopic (exact) mass is 275 g/mol. The highest BCUT2D eigenvalue weighted by Crippen LogP contribution is 2.33. The molecule has 1 heterocycles. The minimum Gasteiger partial charge on any atom is -0.493 e. The number of thiophene rings is 1. The largest absolute Gasteiger partial charge is 0.493 e. The summed E-state index contributed by atoms with van der Waals surface area (Å²) in [6, 6.07) is 12.8. The predicted octanol–water partition coefficient (Wildman–Crippen LogP) is 4.15. The number of hydrogen-bond donors (Lipinski definition) is 1. The van der Waals surface area contributed by atoms with Crippen molar-refractivity contribution < 1.29 is 4.74 Å². The summed E-state index contributed by atoms with van der Waals surface area (Å²) in [5.74, 6) is 0.981. The number of aryl methyl sites for hydroxylation is 1. The summed E-state index contributed by atoms with van der Waals surface area (Å²) >= 11 is 1.83. The molecule has 1 unspecified atom stereocenters. The van der Waals surface area contributed by atoms with Crippen LogP contribution in [0.5, 0.6) is 5.75 Å². The molecule has 0 radical (unpaired) electrons. The van der Waals surface area contributed by atoms with E-state index < -0.39 is 0 Å². The molecule has 0 fully saturated rings. The van der Waals surface area contributed by atoms with E-state index in [0.29, 0.717) is 0 Å². The summed E-state index contributed by atoms with van der Waals surface area (Å²) in [6.07, 6.45) is 1.02. The molecule has 102 valence electrons. The molecule has 0 saturated carbocycles. The third-order valence-electron chi connectivity index (χ3n) is 3.03. The van der Waals surface area contributed by atoms with Crippen molar-refractivity contribution in [3.05, 3.63) is 51.7 Å². The number of rotatable bonds is 6. The van der Waals surface area contributed by atoms with Crippen LogP contribution >= 0.6 is 11.3 Å². The van der Waals surface area contributed by atoms with E-state index in [4.69, 9.17) is 4.74 Å². The first kappa shape index (κ1) is 14.1. The molecule has 0 bridgehead atoms. The number of nitrogens with one attached hydrogen (secondary N) is 1. The van der Waals surface area contributed by atoms with Crippen LogP contribution in [-0.2, 0) is 0 Å². The lowest BCUT2D eigenvalue weighted by atomic mass is 10.0. The van der Waals surface area contributed by atoms with Gasteiger partial charge in [-0.3, -0.25) is 0 Å². The molecule has 1 atom stereocenters. The van der Waals surface area contributed by atoms with Crippen LogP contribution in [0.15, 0.2) is 36.4 Å². The fourth-order valence-electron chi connectivity index (χ4n) is 2.12. The Bertz CT molecular complexity index is 521. The first-order chi connectivity index (χ1) is 9.26. The van der Waals surface area contributed by atoms with Crippen LogP contribution in [-0.4, -0.2) is 13.7 Å². The van der Waals surface area contributed by atoms with Gasteiger partial charge in [0.05, 0.1) is 12.6 Å². The number of hydrogen-bond acceptors (Lipinski definition) is 3. The van der Waals surface area contributed by atoms with Gasteiger partial charge in [-0.15, -0.1) is 11.3 Å². The van der Waals surface area contributed by atoms with Gasteiger partial charge in [0.15, 0.2) is 0 Å². The van der Waals surface area contributed by atoms with Crippen LogP contribution in [0.2, 0.25) is 0 Å². The fraction of sp³-hybridized carbons (Fsp3) is 0.375. The molecule has 2 nitrogen and oxygen atoms in total. The molecule has 2 aromatic rings. The first-order valence-corrected chi connectivity index (χ1v) is 7.53. The van der Waals surface area contributed by atoms with Gasteiger partial charge in [-0.2, -0.15) is 0 Å². The molecule has 3 heteroatoms. The van der Waals surface area contributed by atoms with E-state index >= 15 is 0 Å². The molecule has 1 N–H and O–H groups in total. The topological polar surface area (TPSA) is 21.3 Å². The second kappa shape index (κ2) is 6.73. The van der Waals surface area contributed by atoms with E-state index in [1.807, 2.05) is 24.5 Å². The van der Waals surface area contributed by atoms with Crippen molar-refractivity contribution in [2.75, 3.05) is 13.7 Å². The van der Waals surface area contributed by atoms with Gasteiger partial charge in [-0.25, -0.2) is 0 Å². The van der Waals surface area contributed by atoms with Gasteiger partial charge in [-0.05, 0) is 38.6 Å². The highest BCUT2D eigenvalue weighted by Gasteiger charge is 2.17. The summed E-state index contributed by atoms with van der Waals surface area (Å²) in [4.78, 5) is 2.66. The first-order valence-electron chi connectivity index (χ1n) is 6.71. The van der Waals surface area contributed by atoms with Gasteiger partial charge in [-0.1, -0.05) is 25.1 Å². The Hall–Kier alpha value is -1.32. The van der Waals surface area contributed by atoms with Crippen LogP contribution in [0, 0.1) is 6.92 Å². The Labute approximate surface area is 119 Å². The zero-order valence-electron chi connectivity index (χ0n) is 11.8. The number of para-hydroxylation sites is 1. The van der Waals surface area contributed by atoms with Crippen LogP contribution in [0.25, 0.3) is 0 Å². The van der Waals surface area contributed by atoms with Crippen molar-refractivity contribution in [1.29, 1.82) is 0 Å². The normalized spacial score (nSPS) is 12.4. The maximum atomic E-state index is 5.86. The summed E-state index contributed by atoms with van der Waals surface area (Å²) in [7, 11) is 2.00. The molecule has 0 spiro atoms. The van der Waals surface area contributed by atoms with E-state index in [-0.39, 0.29) is 6.04 Å². The molecule has 2 rings (SSSR count). The van der Waals surface area contributed by atoms with Crippen molar-refractivity contribution in [2.45, 2.75) is 26.3 Å². The quantitative estimate of drug-likeness (QED) is 0.855. The van der Waals surface area contributed by atoms with Crippen molar-refractivity contribution in [2.24, 2.45) is 0 Å². The zero-order valence-corrected chi connectivity index (χ0v) is 12.6. The molecule has 19 heavy (non-hydrogen) atoms. The van der Waals surface area contributed by atoms with E-state index in [2.05, 4.69) is 49.5 Å².